The number of carbonyl (C=O) groups excluding carboxylic acids is 1. The number of Topliss-reactive ketones (excluding diaryl/α,β-unsaturated/α-hetero) is 1. The molecule has 0 saturated heterocycles. The quantitative estimate of drug-likeness (QED) is 0.379. The van der Waals surface area contributed by atoms with Crippen molar-refractivity contribution in [2.45, 2.75) is 90.6 Å². The van der Waals surface area contributed by atoms with Gasteiger partial charge in [0, 0.05) is 24.9 Å². The Morgan fingerprint density at radius 1 is 1.12 bits per heavy atom. The minimum Gasteiger partial charge on any atom is -0.396 e. The smallest absolute Gasteiger partial charge is 0.139 e. The van der Waals surface area contributed by atoms with Crippen molar-refractivity contribution in [1.29, 1.82) is 0 Å². The Hall–Kier alpha value is -0.670. The van der Waals surface area contributed by atoms with Gasteiger partial charge in [0.1, 0.15) is 5.78 Å². The molecule has 0 unspecified atom stereocenters. The van der Waals surface area contributed by atoms with Crippen molar-refractivity contribution in [2.75, 3.05) is 6.61 Å². The summed E-state index contributed by atoms with van der Waals surface area (Å²) in [6.07, 6.45) is 15.3. The van der Waals surface area contributed by atoms with E-state index in [1.54, 1.807) is 0 Å². The molecule has 0 heterocycles. The zero-order chi connectivity index (χ0) is 17.8. The fraction of sp³-hybridized carbons (Fsp3) is 0.857. The first kappa shape index (κ1) is 21.4. The van der Waals surface area contributed by atoms with Crippen LogP contribution in [0.3, 0.4) is 0 Å². The van der Waals surface area contributed by atoms with Gasteiger partial charge in [0.25, 0.3) is 0 Å². The monoisotopic (exact) mass is 338 g/mol. The number of rotatable bonds is 13. The third-order valence-corrected chi connectivity index (χ3v) is 5.33. The first-order chi connectivity index (χ1) is 11.6. The fourth-order valence-electron chi connectivity index (χ4n) is 3.73. The standard InChI is InChI=1S/C21H38O3/c1-3-4-8-11-17(2)13-14-19-18(20(23)16-21(19)24)12-9-6-5-7-10-15-22/h13-14,17-19,21-22,24H,3-12,15-16H2,1-2H3/b14-13+/t17-,18+,19+,21+/m0/s1. The summed E-state index contributed by atoms with van der Waals surface area (Å²) in [6.45, 7) is 4.72. The second kappa shape index (κ2) is 12.7. The molecule has 0 aliphatic heterocycles. The summed E-state index contributed by atoms with van der Waals surface area (Å²) in [5, 5.41) is 19.0. The van der Waals surface area contributed by atoms with Crippen LogP contribution in [0.5, 0.6) is 0 Å². The van der Waals surface area contributed by atoms with Crippen molar-refractivity contribution in [3.05, 3.63) is 12.2 Å². The van der Waals surface area contributed by atoms with Gasteiger partial charge in [0.15, 0.2) is 0 Å². The van der Waals surface area contributed by atoms with Crippen LogP contribution in [-0.4, -0.2) is 28.7 Å². The SMILES string of the molecule is CCCCC[C@H](C)/C=C/[C@H]1[C@H](O)CC(=O)[C@@H]1CCCCCCCO. The lowest BCUT2D eigenvalue weighted by atomic mass is 9.87. The van der Waals surface area contributed by atoms with Crippen LogP contribution in [0.4, 0.5) is 0 Å². The molecular formula is C21H38O3. The van der Waals surface area contributed by atoms with Crippen LogP contribution in [-0.2, 0) is 4.79 Å². The minimum atomic E-state index is -0.490. The normalized spacial score (nSPS) is 25.7. The van der Waals surface area contributed by atoms with E-state index in [1.807, 2.05) is 0 Å². The first-order valence-electron chi connectivity index (χ1n) is 10.1. The van der Waals surface area contributed by atoms with Gasteiger partial charge in [-0.2, -0.15) is 0 Å². The van der Waals surface area contributed by atoms with Crippen molar-refractivity contribution < 1.29 is 15.0 Å². The van der Waals surface area contributed by atoms with Crippen LogP contribution in [0.1, 0.15) is 84.5 Å². The number of unbranched alkanes of at least 4 members (excludes halogenated alkanes) is 6. The lowest BCUT2D eigenvalue weighted by molar-refractivity contribution is -0.121. The van der Waals surface area contributed by atoms with Gasteiger partial charge in [0.05, 0.1) is 6.10 Å². The summed E-state index contributed by atoms with van der Waals surface area (Å²) in [7, 11) is 0. The summed E-state index contributed by atoms with van der Waals surface area (Å²) >= 11 is 0. The summed E-state index contributed by atoms with van der Waals surface area (Å²) in [5.41, 5.74) is 0. The molecule has 24 heavy (non-hydrogen) atoms. The average molecular weight is 339 g/mol. The number of hydrogen-bond acceptors (Lipinski definition) is 3. The molecule has 4 atom stereocenters. The van der Waals surface area contributed by atoms with Gasteiger partial charge in [-0.25, -0.2) is 0 Å². The molecule has 1 rings (SSSR count). The summed E-state index contributed by atoms with van der Waals surface area (Å²) in [6, 6.07) is 0. The molecule has 0 spiro atoms. The molecule has 0 amide bonds. The molecule has 2 N–H and O–H groups in total. The number of aliphatic hydroxyl groups excluding tert-OH is 2. The molecule has 1 saturated carbocycles. The highest BCUT2D eigenvalue weighted by Crippen LogP contribution is 2.34. The van der Waals surface area contributed by atoms with E-state index in [9.17, 15) is 9.90 Å². The third kappa shape index (κ3) is 7.94. The molecular weight excluding hydrogens is 300 g/mol. The minimum absolute atomic E-state index is 0.0110. The molecule has 1 aliphatic rings. The molecule has 1 fully saturated rings. The van der Waals surface area contributed by atoms with Crippen LogP contribution >= 0.6 is 0 Å². The first-order valence-corrected chi connectivity index (χ1v) is 10.1. The molecule has 3 nitrogen and oxygen atoms in total. The molecule has 1 aliphatic carbocycles. The highest BCUT2D eigenvalue weighted by molar-refractivity contribution is 5.84. The van der Waals surface area contributed by atoms with Crippen molar-refractivity contribution in [2.24, 2.45) is 17.8 Å². The predicted octanol–water partition coefficient (Wildman–Crippen LogP) is 4.66. The van der Waals surface area contributed by atoms with E-state index in [4.69, 9.17) is 5.11 Å². The van der Waals surface area contributed by atoms with Gasteiger partial charge in [-0.15, -0.1) is 0 Å². The number of ketones is 1. The Balaban J connectivity index is 2.40. The number of allylic oxidation sites excluding steroid dienone is 1. The highest BCUT2D eigenvalue weighted by atomic mass is 16.3. The molecule has 0 aromatic heterocycles. The van der Waals surface area contributed by atoms with Crippen LogP contribution < -0.4 is 0 Å². The van der Waals surface area contributed by atoms with Gasteiger partial charge in [-0.05, 0) is 25.2 Å². The van der Waals surface area contributed by atoms with Gasteiger partial charge in [-0.3, -0.25) is 4.79 Å². The Morgan fingerprint density at radius 2 is 1.83 bits per heavy atom. The molecule has 140 valence electrons. The third-order valence-electron chi connectivity index (χ3n) is 5.33. The maximum absolute atomic E-state index is 12.2. The summed E-state index contributed by atoms with van der Waals surface area (Å²) in [4.78, 5) is 12.2. The fourth-order valence-corrected chi connectivity index (χ4v) is 3.73. The van der Waals surface area contributed by atoms with Gasteiger partial charge in [0.2, 0.25) is 0 Å². The second-order valence-corrected chi connectivity index (χ2v) is 7.56. The topological polar surface area (TPSA) is 57.5 Å². The van der Waals surface area contributed by atoms with E-state index < -0.39 is 6.10 Å². The van der Waals surface area contributed by atoms with Crippen LogP contribution in [0.25, 0.3) is 0 Å². The van der Waals surface area contributed by atoms with E-state index >= 15 is 0 Å². The number of carbonyl (C=O) groups is 1. The highest BCUT2D eigenvalue weighted by Gasteiger charge is 2.39. The Bertz CT molecular complexity index is 364. The molecule has 0 aromatic carbocycles. The predicted molar refractivity (Wildman–Crippen MR) is 99.8 cm³/mol. The Morgan fingerprint density at radius 3 is 2.54 bits per heavy atom. The van der Waals surface area contributed by atoms with E-state index in [-0.39, 0.29) is 24.2 Å². The molecule has 0 bridgehead atoms. The maximum Gasteiger partial charge on any atom is 0.139 e. The van der Waals surface area contributed by atoms with E-state index in [0.29, 0.717) is 12.3 Å². The lowest BCUT2D eigenvalue weighted by Crippen LogP contribution is -2.18. The van der Waals surface area contributed by atoms with Crippen LogP contribution in [0.2, 0.25) is 0 Å². The zero-order valence-electron chi connectivity index (χ0n) is 15.8. The van der Waals surface area contributed by atoms with Gasteiger partial charge >= 0.3 is 0 Å². The number of aliphatic hydroxyl groups is 2. The van der Waals surface area contributed by atoms with E-state index in [2.05, 4.69) is 26.0 Å². The zero-order valence-corrected chi connectivity index (χ0v) is 15.8. The second-order valence-electron chi connectivity index (χ2n) is 7.56. The average Bonchev–Trinajstić information content (AvgIpc) is 2.82. The van der Waals surface area contributed by atoms with Crippen molar-refractivity contribution in [3.63, 3.8) is 0 Å². The Kier molecular flexibility index (Phi) is 11.3. The van der Waals surface area contributed by atoms with E-state index in [0.717, 1.165) is 38.5 Å². The summed E-state index contributed by atoms with van der Waals surface area (Å²) < 4.78 is 0. The lowest BCUT2D eigenvalue weighted by Gasteiger charge is -2.18. The van der Waals surface area contributed by atoms with E-state index in [1.165, 1.54) is 25.7 Å². The van der Waals surface area contributed by atoms with Crippen molar-refractivity contribution in [3.8, 4) is 0 Å². The molecule has 0 radical (unpaired) electrons. The van der Waals surface area contributed by atoms with Crippen molar-refractivity contribution >= 4 is 5.78 Å². The van der Waals surface area contributed by atoms with Crippen LogP contribution in [0.15, 0.2) is 12.2 Å². The largest absolute Gasteiger partial charge is 0.396 e. The molecule has 3 heteroatoms. The van der Waals surface area contributed by atoms with Gasteiger partial charge < -0.3 is 10.2 Å². The van der Waals surface area contributed by atoms with Gasteiger partial charge in [-0.1, -0.05) is 70.9 Å². The number of hydrogen-bond donors (Lipinski definition) is 2. The Labute approximate surface area is 148 Å². The summed E-state index contributed by atoms with van der Waals surface area (Å²) in [5.74, 6) is 0.797. The van der Waals surface area contributed by atoms with Crippen LogP contribution in [0, 0.1) is 17.8 Å². The molecule has 0 aromatic rings. The van der Waals surface area contributed by atoms with Crippen molar-refractivity contribution in [1.82, 2.24) is 0 Å². The maximum atomic E-state index is 12.2.